The van der Waals surface area contributed by atoms with E-state index in [-0.39, 0.29) is 16.8 Å². The van der Waals surface area contributed by atoms with Gasteiger partial charge in [-0.05, 0) is 17.9 Å². The van der Waals surface area contributed by atoms with Crippen molar-refractivity contribution >= 4 is 23.2 Å². The van der Waals surface area contributed by atoms with E-state index in [4.69, 9.17) is 9.84 Å². The summed E-state index contributed by atoms with van der Waals surface area (Å²) in [7, 11) is 0. The molecule has 0 bridgehead atoms. The van der Waals surface area contributed by atoms with E-state index in [0.717, 1.165) is 17.8 Å². The first kappa shape index (κ1) is 10.9. The van der Waals surface area contributed by atoms with Crippen LogP contribution in [-0.2, 0) is 4.79 Å². The van der Waals surface area contributed by atoms with E-state index in [1.807, 2.05) is 0 Å². The third-order valence-electron chi connectivity index (χ3n) is 2.35. The number of hydrogen-bond donors (Lipinski definition) is 2. The fraction of sp³-hybridized carbons (Fsp3) is 0.400. The normalized spacial score (nSPS) is 19.5. The molecule has 1 amide bonds. The van der Waals surface area contributed by atoms with E-state index in [9.17, 15) is 9.59 Å². The third-order valence-corrected chi connectivity index (χ3v) is 3.23. The quantitative estimate of drug-likeness (QED) is 0.827. The summed E-state index contributed by atoms with van der Waals surface area (Å²) in [6, 6.07) is 1.62. The molecule has 0 aromatic carbocycles. The minimum atomic E-state index is -0.986. The average Bonchev–Trinajstić information content (AvgIpc) is 2.83. The maximum absolute atomic E-state index is 10.9. The molecule has 1 saturated heterocycles. The van der Waals surface area contributed by atoms with Crippen LogP contribution >= 0.6 is 11.3 Å². The van der Waals surface area contributed by atoms with Crippen molar-refractivity contribution < 1.29 is 19.4 Å². The second kappa shape index (κ2) is 4.52. The topological polar surface area (TPSA) is 75.6 Å². The molecule has 1 aromatic rings. The molecule has 1 fully saturated rings. The number of carboxylic acid groups (broad SMARTS) is 1. The van der Waals surface area contributed by atoms with Gasteiger partial charge in [0.25, 0.3) is 0 Å². The maximum Gasteiger partial charge on any atom is 0.349 e. The SMILES string of the molecule is O=C1CCC(COc2ccsc2C(=O)O)N1. The average molecular weight is 241 g/mol. The molecule has 2 N–H and O–H groups in total. The smallest absolute Gasteiger partial charge is 0.349 e. The molecular formula is C10H11NO4S. The number of rotatable bonds is 4. The molecule has 5 nitrogen and oxygen atoms in total. The van der Waals surface area contributed by atoms with Gasteiger partial charge in [0.2, 0.25) is 5.91 Å². The lowest BCUT2D eigenvalue weighted by atomic mass is 10.2. The molecule has 1 aliphatic heterocycles. The fourth-order valence-corrected chi connectivity index (χ4v) is 2.23. The van der Waals surface area contributed by atoms with Gasteiger partial charge < -0.3 is 15.2 Å². The first-order valence-corrected chi connectivity index (χ1v) is 5.77. The number of amides is 1. The molecule has 0 aliphatic carbocycles. The molecule has 0 saturated carbocycles. The highest BCUT2D eigenvalue weighted by atomic mass is 32.1. The van der Waals surface area contributed by atoms with Crippen molar-refractivity contribution in [2.45, 2.75) is 18.9 Å². The van der Waals surface area contributed by atoms with Gasteiger partial charge >= 0.3 is 5.97 Å². The van der Waals surface area contributed by atoms with Crippen LogP contribution in [-0.4, -0.2) is 29.6 Å². The molecule has 1 unspecified atom stereocenters. The first-order valence-electron chi connectivity index (χ1n) is 4.90. The zero-order valence-electron chi connectivity index (χ0n) is 8.43. The minimum absolute atomic E-state index is 0.00551. The predicted molar refractivity (Wildman–Crippen MR) is 57.9 cm³/mol. The van der Waals surface area contributed by atoms with Crippen molar-refractivity contribution in [1.82, 2.24) is 5.32 Å². The first-order chi connectivity index (χ1) is 7.66. The Kier molecular flexibility index (Phi) is 3.09. The third kappa shape index (κ3) is 2.33. The summed E-state index contributed by atoms with van der Waals surface area (Å²) in [5.74, 6) is -0.587. The monoisotopic (exact) mass is 241 g/mol. The van der Waals surface area contributed by atoms with Crippen LogP contribution in [0, 0.1) is 0 Å². The van der Waals surface area contributed by atoms with Crippen LogP contribution in [0.25, 0.3) is 0 Å². The number of carbonyl (C=O) groups is 2. The van der Waals surface area contributed by atoms with E-state index >= 15 is 0 Å². The van der Waals surface area contributed by atoms with Crippen LogP contribution in [0.5, 0.6) is 5.75 Å². The number of thiophene rings is 1. The number of hydrogen-bond acceptors (Lipinski definition) is 4. The zero-order valence-corrected chi connectivity index (χ0v) is 9.25. The molecule has 1 aromatic heterocycles. The van der Waals surface area contributed by atoms with Crippen molar-refractivity contribution in [2.75, 3.05) is 6.61 Å². The molecule has 86 valence electrons. The highest BCUT2D eigenvalue weighted by molar-refractivity contribution is 7.12. The summed E-state index contributed by atoms with van der Waals surface area (Å²) in [5.41, 5.74) is 0. The van der Waals surface area contributed by atoms with Gasteiger partial charge in [-0.15, -0.1) is 11.3 Å². The molecule has 6 heteroatoms. The lowest BCUT2D eigenvalue weighted by molar-refractivity contribution is -0.119. The van der Waals surface area contributed by atoms with Gasteiger partial charge in [0.15, 0.2) is 4.88 Å². The van der Waals surface area contributed by atoms with Crippen molar-refractivity contribution in [3.8, 4) is 5.75 Å². The Hall–Kier alpha value is -1.56. The Labute approximate surface area is 96.0 Å². The lowest BCUT2D eigenvalue weighted by Gasteiger charge is -2.11. The molecule has 0 spiro atoms. The van der Waals surface area contributed by atoms with Crippen LogP contribution in [0.3, 0.4) is 0 Å². The zero-order chi connectivity index (χ0) is 11.5. The molecule has 0 radical (unpaired) electrons. The van der Waals surface area contributed by atoms with E-state index in [1.54, 1.807) is 11.4 Å². The predicted octanol–water partition coefficient (Wildman–Crippen LogP) is 1.10. The van der Waals surface area contributed by atoms with Crippen LogP contribution in [0.4, 0.5) is 0 Å². The number of carbonyl (C=O) groups excluding carboxylic acids is 1. The van der Waals surface area contributed by atoms with Gasteiger partial charge in [0, 0.05) is 6.42 Å². The summed E-state index contributed by atoms with van der Waals surface area (Å²) in [4.78, 5) is 21.9. The number of carboxylic acids is 1. The molecule has 16 heavy (non-hydrogen) atoms. The molecule has 2 rings (SSSR count). The van der Waals surface area contributed by atoms with Crippen molar-refractivity contribution in [3.63, 3.8) is 0 Å². The maximum atomic E-state index is 10.9. The molecular weight excluding hydrogens is 230 g/mol. The van der Waals surface area contributed by atoms with E-state index in [0.29, 0.717) is 18.8 Å². The summed E-state index contributed by atoms with van der Waals surface area (Å²) in [6.45, 7) is 0.322. The van der Waals surface area contributed by atoms with Gasteiger partial charge in [-0.1, -0.05) is 0 Å². The molecule has 1 atom stereocenters. The van der Waals surface area contributed by atoms with Crippen LogP contribution in [0.2, 0.25) is 0 Å². The summed E-state index contributed by atoms with van der Waals surface area (Å²) in [5, 5.41) is 13.3. The summed E-state index contributed by atoms with van der Waals surface area (Å²) < 4.78 is 5.39. The largest absolute Gasteiger partial charge is 0.490 e. The van der Waals surface area contributed by atoms with Gasteiger partial charge in [0.05, 0.1) is 6.04 Å². The van der Waals surface area contributed by atoms with Crippen molar-refractivity contribution in [3.05, 3.63) is 16.3 Å². The van der Waals surface area contributed by atoms with Crippen molar-refractivity contribution in [2.24, 2.45) is 0 Å². The standard InChI is InChI=1S/C10H11NO4S/c12-8-2-1-6(11-8)5-15-7-3-4-16-9(7)10(13)14/h3-4,6H,1-2,5H2,(H,11,12)(H,13,14). The van der Waals surface area contributed by atoms with E-state index in [2.05, 4.69) is 5.32 Å². The van der Waals surface area contributed by atoms with Crippen LogP contribution in [0.1, 0.15) is 22.5 Å². The van der Waals surface area contributed by atoms with Gasteiger partial charge in [-0.25, -0.2) is 4.79 Å². The second-order valence-corrected chi connectivity index (χ2v) is 4.45. The Bertz CT molecular complexity index is 415. The Morgan fingerprint density at radius 1 is 1.69 bits per heavy atom. The van der Waals surface area contributed by atoms with Crippen LogP contribution < -0.4 is 10.1 Å². The van der Waals surface area contributed by atoms with E-state index < -0.39 is 5.97 Å². The number of aromatic carboxylic acids is 1. The van der Waals surface area contributed by atoms with Gasteiger partial charge in [-0.2, -0.15) is 0 Å². The molecule has 2 heterocycles. The summed E-state index contributed by atoms with van der Waals surface area (Å²) in [6.07, 6.45) is 1.26. The van der Waals surface area contributed by atoms with Gasteiger partial charge in [-0.3, -0.25) is 4.79 Å². The minimum Gasteiger partial charge on any atom is -0.490 e. The number of ether oxygens (including phenoxy) is 1. The highest BCUT2D eigenvalue weighted by Crippen LogP contribution is 2.25. The number of nitrogens with one attached hydrogen (secondary N) is 1. The Morgan fingerprint density at radius 3 is 3.12 bits per heavy atom. The van der Waals surface area contributed by atoms with E-state index in [1.165, 1.54) is 0 Å². The fourth-order valence-electron chi connectivity index (χ4n) is 1.56. The van der Waals surface area contributed by atoms with Crippen molar-refractivity contribution in [1.29, 1.82) is 0 Å². The lowest BCUT2D eigenvalue weighted by Crippen LogP contribution is -2.30. The highest BCUT2D eigenvalue weighted by Gasteiger charge is 2.22. The second-order valence-electron chi connectivity index (χ2n) is 3.53. The Balaban J connectivity index is 1.92. The summed E-state index contributed by atoms with van der Waals surface area (Å²) >= 11 is 1.13. The van der Waals surface area contributed by atoms with Crippen LogP contribution in [0.15, 0.2) is 11.4 Å². The molecule has 1 aliphatic rings. The Morgan fingerprint density at radius 2 is 2.50 bits per heavy atom. The van der Waals surface area contributed by atoms with Gasteiger partial charge in [0.1, 0.15) is 12.4 Å².